The molecule has 0 spiro atoms. The Bertz CT molecular complexity index is 202. The molecular weight excluding hydrogens is 311 g/mol. The summed E-state index contributed by atoms with van der Waals surface area (Å²) in [6.07, 6.45) is 4.38. The molecule has 2 aliphatic heterocycles. The number of piperidine rings is 1. The number of hydrogen-bond acceptors (Lipinski definition) is 2. The Kier molecular flexibility index (Phi) is 5.36. The van der Waals surface area contributed by atoms with Gasteiger partial charge in [0.05, 0.1) is 0 Å². The van der Waals surface area contributed by atoms with Crippen molar-refractivity contribution in [3.63, 3.8) is 0 Å². The van der Waals surface area contributed by atoms with E-state index >= 15 is 0 Å². The zero-order chi connectivity index (χ0) is 11.4. The Morgan fingerprint density at radius 1 is 1.06 bits per heavy atom. The van der Waals surface area contributed by atoms with Crippen molar-refractivity contribution >= 4 is 0 Å². The van der Waals surface area contributed by atoms with Crippen molar-refractivity contribution in [2.24, 2.45) is 5.92 Å². The molecule has 0 saturated carbocycles. The molecule has 0 radical (unpaired) electrons. The summed E-state index contributed by atoms with van der Waals surface area (Å²) in [5.74, 6) is 0.997. The summed E-state index contributed by atoms with van der Waals surface area (Å²) in [4.78, 5) is 7.80. The summed E-state index contributed by atoms with van der Waals surface area (Å²) in [7, 11) is 0. The Labute approximate surface area is 111 Å². The number of halogens is 1. The summed E-state index contributed by atoms with van der Waals surface area (Å²) < 4.78 is 1.11. The molecule has 0 bridgehead atoms. The molecule has 2 aliphatic rings. The van der Waals surface area contributed by atoms with Crippen molar-refractivity contribution < 1.29 is 21.2 Å². The molecule has 2 rings (SSSR count). The summed E-state index contributed by atoms with van der Waals surface area (Å²) in [5, 5.41) is 0. The molecule has 0 unspecified atom stereocenters. The SMILES string of the molecule is CCN1CCC(CN2CC[C@H]([I-]C)C2)CC1. The maximum atomic E-state index is 2.75. The van der Waals surface area contributed by atoms with E-state index in [1.165, 1.54) is 58.5 Å². The molecule has 0 aromatic rings. The van der Waals surface area contributed by atoms with Crippen molar-refractivity contribution in [2.45, 2.75) is 30.1 Å². The van der Waals surface area contributed by atoms with Gasteiger partial charge in [-0.2, -0.15) is 0 Å². The van der Waals surface area contributed by atoms with E-state index in [9.17, 15) is 0 Å². The van der Waals surface area contributed by atoms with Gasteiger partial charge in [-0.15, -0.1) is 0 Å². The number of hydrogen-bond donors (Lipinski definition) is 0. The Morgan fingerprint density at radius 2 is 1.75 bits per heavy atom. The fourth-order valence-corrected chi connectivity index (χ4v) is 4.83. The van der Waals surface area contributed by atoms with Crippen molar-refractivity contribution in [1.29, 1.82) is 0 Å². The van der Waals surface area contributed by atoms with Gasteiger partial charge in [0.1, 0.15) is 0 Å². The summed E-state index contributed by atoms with van der Waals surface area (Å²) in [5.41, 5.74) is 0. The Morgan fingerprint density at radius 3 is 2.31 bits per heavy atom. The average Bonchev–Trinajstić information content (AvgIpc) is 2.78. The van der Waals surface area contributed by atoms with Gasteiger partial charge in [0.15, 0.2) is 0 Å². The van der Waals surface area contributed by atoms with Crippen molar-refractivity contribution in [1.82, 2.24) is 9.80 Å². The average molecular weight is 337 g/mol. The topological polar surface area (TPSA) is 6.48 Å². The van der Waals surface area contributed by atoms with Gasteiger partial charge in [-0.3, -0.25) is 0 Å². The van der Waals surface area contributed by atoms with Gasteiger partial charge in [0.2, 0.25) is 0 Å². The first-order valence-electron chi connectivity index (χ1n) is 6.74. The second kappa shape index (κ2) is 6.55. The zero-order valence-electron chi connectivity index (χ0n) is 10.8. The van der Waals surface area contributed by atoms with Crippen molar-refractivity contribution in [3.8, 4) is 0 Å². The van der Waals surface area contributed by atoms with E-state index in [0.717, 1.165) is 9.84 Å². The van der Waals surface area contributed by atoms with Crippen LogP contribution in [0.3, 0.4) is 0 Å². The second-order valence-corrected chi connectivity index (χ2v) is 8.25. The van der Waals surface area contributed by atoms with Gasteiger partial charge in [-0.25, -0.2) is 0 Å². The van der Waals surface area contributed by atoms with E-state index in [1.54, 1.807) is 0 Å². The van der Waals surface area contributed by atoms with E-state index in [-0.39, 0.29) is 0 Å². The minimum absolute atomic E-state index is 0.492. The van der Waals surface area contributed by atoms with Crippen LogP contribution in [0.4, 0.5) is 0 Å². The summed E-state index contributed by atoms with van der Waals surface area (Å²) in [6.45, 7) is 10.5. The maximum absolute atomic E-state index is 2.75. The number of alkyl halides is 2. The molecule has 16 heavy (non-hydrogen) atoms. The predicted molar refractivity (Wildman–Crippen MR) is 65.6 cm³/mol. The first-order valence-corrected chi connectivity index (χ1v) is 10.1. The summed E-state index contributed by atoms with van der Waals surface area (Å²) >= 11 is 0.492. The van der Waals surface area contributed by atoms with Crippen LogP contribution in [0.15, 0.2) is 0 Å². The van der Waals surface area contributed by atoms with Crippen LogP contribution in [0.1, 0.15) is 26.2 Å². The molecule has 1 atom stereocenters. The van der Waals surface area contributed by atoms with Crippen LogP contribution >= 0.6 is 0 Å². The monoisotopic (exact) mass is 337 g/mol. The molecule has 2 heterocycles. The van der Waals surface area contributed by atoms with Crippen LogP contribution in [-0.2, 0) is 0 Å². The van der Waals surface area contributed by atoms with Gasteiger partial charge in [0.25, 0.3) is 0 Å². The van der Waals surface area contributed by atoms with E-state index < -0.39 is 0 Å². The van der Waals surface area contributed by atoms with Crippen molar-refractivity contribution in [2.75, 3.05) is 44.2 Å². The molecule has 2 saturated heterocycles. The fraction of sp³-hybridized carbons (Fsp3) is 1.00. The van der Waals surface area contributed by atoms with Crippen LogP contribution in [-0.4, -0.2) is 57.9 Å². The van der Waals surface area contributed by atoms with Gasteiger partial charge in [-0.05, 0) is 0 Å². The third kappa shape index (κ3) is 3.57. The predicted octanol–water partition coefficient (Wildman–Crippen LogP) is -1.49. The third-order valence-electron chi connectivity index (χ3n) is 4.19. The number of nitrogens with zero attached hydrogens (tertiary/aromatic N) is 2. The standard InChI is InChI=1S/C13H26IN2/c1-3-15-7-4-12(5-8-15)10-16-9-6-13(11-16)14-2/h12-13H,3-11H2,1-2H3/q-1/t13-/m0/s1. The van der Waals surface area contributed by atoms with Crippen LogP contribution in [0.2, 0.25) is 0 Å². The number of rotatable bonds is 4. The molecule has 96 valence electrons. The number of likely N-dealkylation sites (tertiary alicyclic amines) is 2. The Balaban J connectivity index is 1.67. The summed E-state index contributed by atoms with van der Waals surface area (Å²) in [6, 6.07) is 0. The molecule has 2 fully saturated rings. The van der Waals surface area contributed by atoms with Gasteiger partial charge in [-0.1, -0.05) is 0 Å². The van der Waals surface area contributed by atoms with E-state index in [4.69, 9.17) is 0 Å². The van der Waals surface area contributed by atoms with Crippen LogP contribution in [0, 0.1) is 5.92 Å². The van der Waals surface area contributed by atoms with Gasteiger partial charge >= 0.3 is 111 Å². The molecular formula is C13H26IN2-. The quantitative estimate of drug-likeness (QED) is 0.456. The molecule has 2 nitrogen and oxygen atoms in total. The van der Waals surface area contributed by atoms with Crippen molar-refractivity contribution in [3.05, 3.63) is 0 Å². The molecule has 3 heteroatoms. The second-order valence-electron chi connectivity index (χ2n) is 5.24. The minimum atomic E-state index is 0.492. The normalized spacial score (nSPS) is 30.2. The van der Waals surface area contributed by atoms with Crippen LogP contribution in [0.25, 0.3) is 0 Å². The third-order valence-corrected chi connectivity index (χ3v) is 6.97. The Hall–Kier alpha value is 0.650. The molecule has 0 aliphatic carbocycles. The molecule has 0 aromatic heterocycles. The van der Waals surface area contributed by atoms with Gasteiger partial charge < -0.3 is 0 Å². The first kappa shape index (κ1) is 13.1. The molecule has 0 N–H and O–H groups in total. The van der Waals surface area contributed by atoms with Gasteiger partial charge in [0, 0.05) is 0 Å². The van der Waals surface area contributed by atoms with E-state index in [1.807, 2.05) is 0 Å². The molecule has 0 amide bonds. The first-order chi connectivity index (χ1) is 7.81. The zero-order valence-corrected chi connectivity index (χ0v) is 12.9. The fourth-order valence-electron chi connectivity index (χ4n) is 2.98. The van der Waals surface area contributed by atoms with Crippen LogP contribution < -0.4 is 21.2 Å². The van der Waals surface area contributed by atoms with Crippen LogP contribution in [0.5, 0.6) is 0 Å². The van der Waals surface area contributed by atoms with E-state index in [2.05, 4.69) is 21.7 Å². The van der Waals surface area contributed by atoms with E-state index in [0.29, 0.717) is 21.2 Å². The molecule has 0 aromatic carbocycles.